The third kappa shape index (κ3) is 9.84. The van der Waals surface area contributed by atoms with Crippen LogP contribution in [0, 0.1) is 0 Å². The first-order chi connectivity index (χ1) is 25.8. The van der Waals surface area contributed by atoms with E-state index in [1.807, 2.05) is 42.5 Å². The Balaban J connectivity index is 1.25. The van der Waals surface area contributed by atoms with Gasteiger partial charge in [-0.25, -0.2) is 4.79 Å². The largest absolute Gasteiger partial charge is 0.462 e. The van der Waals surface area contributed by atoms with Crippen LogP contribution in [-0.4, -0.2) is 30.3 Å². The van der Waals surface area contributed by atoms with Crippen LogP contribution < -0.4 is 16.0 Å². The van der Waals surface area contributed by atoms with Crippen molar-refractivity contribution >= 4 is 75.2 Å². The summed E-state index contributed by atoms with van der Waals surface area (Å²) in [6, 6.07) is 32.1. The van der Waals surface area contributed by atoms with Crippen LogP contribution in [0.3, 0.4) is 0 Å². The molecule has 270 valence electrons. The third-order valence-corrected chi connectivity index (χ3v) is 11.2. The van der Waals surface area contributed by atoms with Crippen LogP contribution in [0.4, 0.5) is 10.7 Å². The van der Waals surface area contributed by atoms with Gasteiger partial charge in [-0.15, -0.1) is 23.1 Å². The molecule has 0 fully saturated rings. The number of nitrogens with one attached hydrogen (secondary N) is 3. The predicted molar refractivity (Wildman–Crippen MR) is 214 cm³/mol. The maximum Gasteiger partial charge on any atom is 0.341 e. The smallest absolute Gasteiger partial charge is 0.341 e. The van der Waals surface area contributed by atoms with Gasteiger partial charge in [0, 0.05) is 26.0 Å². The van der Waals surface area contributed by atoms with Gasteiger partial charge in [0.05, 0.1) is 12.2 Å². The SMILES string of the molecule is CCOC(=O)c1c(NC(=O)C(Sc2cccc(NC(=O)/C(=C\c3ccc(Cl)cc3)NC(=O)c3ccccc3)c2)c2ccccc2)sc2c1CCCCC2. The Kier molecular flexibility index (Phi) is 12.8. The fraction of sp³-hybridized carbons (Fsp3) is 0.190. The molecule has 0 aliphatic heterocycles. The number of anilines is 2. The van der Waals surface area contributed by atoms with E-state index in [-0.39, 0.29) is 18.2 Å². The lowest BCUT2D eigenvalue weighted by molar-refractivity contribution is -0.116. The number of carbonyl (C=O) groups excluding carboxylic acids is 4. The molecule has 8 nitrogen and oxygen atoms in total. The van der Waals surface area contributed by atoms with Crippen molar-refractivity contribution in [3.8, 4) is 0 Å². The second-order valence-corrected chi connectivity index (χ2v) is 15.0. The zero-order chi connectivity index (χ0) is 37.2. The molecule has 0 radical (unpaired) electrons. The maximum atomic E-state index is 14.2. The quantitative estimate of drug-likeness (QED) is 0.0505. The van der Waals surface area contributed by atoms with Crippen molar-refractivity contribution < 1.29 is 23.9 Å². The molecule has 1 aliphatic rings. The molecule has 0 saturated heterocycles. The van der Waals surface area contributed by atoms with Crippen LogP contribution >= 0.6 is 34.7 Å². The molecular formula is C42H38ClN3O5S2. The van der Waals surface area contributed by atoms with Crippen LogP contribution in [0.5, 0.6) is 0 Å². The van der Waals surface area contributed by atoms with Crippen molar-refractivity contribution in [2.75, 3.05) is 17.2 Å². The van der Waals surface area contributed by atoms with E-state index >= 15 is 0 Å². The van der Waals surface area contributed by atoms with Gasteiger partial charge in [0.25, 0.3) is 11.8 Å². The van der Waals surface area contributed by atoms with Gasteiger partial charge in [-0.05, 0) is 97.8 Å². The lowest BCUT2D eigenvalue weighted by Crippen LogP contribution is -2.30. The number of amides is 3. The highest BCUT2D eigenvalue weighted by Crippen LogP contribution is 2.41. The number of hydrogen-bond donors (Lipinski definition) is 3. The van der Waals surface area contributed by atoms with Gasteiger partial charge >= 0.3 is 5.97 Å². The summed E-state index contributed by atoms with van der Waals surface area (Å²) >= 11 is 8.86. The average molecular weight is 764 g/mol. The molecule has 5 aromatic rings. The Morgan fingerprint density at radius 2 is 1.57 bits per heavy atom. The monoisotopic (exact) mass is 763 g/mol. The molecule has 0 saturated carbocycles. The Hall–Kier alpha value is -5.16. The summed E-state index contributed by atoms with van der Waals surface area (Å²) in [5.41, 5.74) is 3.79. The average Bonchev–Trinajstić information content (AvgIpc) is 3.34. The van der Waals surface area contributed by atoms with Crippen LogP contribution in [0.2, 0.25) is 5.02 Å². The number of thiophene rings is 1. The minimum atomic E-state index is -0.690. The van der Waals surface area contributed by atoms with E-state index in [2.05, 4.69) is 16.0 Å². The fourth-order valence-corrected chi connectivity index (χ4v) is 8.47. The van der Waals surface area contributed by atoms with E-state index in [0.717, 1.165) is 53.0 Å². The summed E-state index contributed by atoms with van der Waals surface area (Å²) < 4.78 is 5.44. The lowest BCUT2D eigenvalue weighted by Gasteiger charge is -2.18. The molecule has 11 heteroatoms. The minimum Gasteiger partial charge on any atom is -0.462 e. The zero-order valence-electron chi connectivity index (χ0n) is 29.0. The van der Waals surface area contributed by atoms with Crippen molar-refractivity contribution in [3.05, 3.63) is 153 Å². The highest BCUT2D eigenvalue weighted by Gasteiger charge is 2.29. The number of halogens is 1. The highest BCUT2D eigenvalue weighted by atomic mass is 35.5. The molecule has 6 rings (SSSR count). The summed E-state index contributed by atoms with van der Waals surface area (Å²) in [4.78, 5) is 56.1. The molecule has 4 aromatic carbocycles. The second kappa shape index (κ2) is 18.1. The first-order valence-electron chi connectivity index (χ1n) is 17.4. The van der Waals surface area contributed by atoms with E-state index in [1.165, 1.54) is 23.1 Å². The normalized spacial score (nSPS) is 13.2. The molecule has 0 bridgehead atoms. The Morgan fingerprint density at radius 3 is 2.30 bits per heavy atom. The van der Waals surface area contributed by atoms with Gasteiger partial charge in [-0.1, -0.05) is 84.8 Å². The van der Waals surface area contributed by atoms with Gasteiger partial charge in [-0.3, -0.25) is 14.4 Å². The van der Waals surface area contributed by atoms with Gasteiger partial charge in [0.15, 0.2) is 0 Å². The molecular weight excluding hydrogens is 726 g/mol. The van der Waals surface area contributed by atoms with Crippen molar-refractivity contribution in [2.45, 2.75) is 49.2 Å². The van der Waals surface area contributed by atoms with Crippen LogP contribution in [0.1, 0.15) is 73.7 Å². The molecule has 1 unspecified atom stereocenters. The summed E-state index contributed by atoms with van der Waals surface area (Å²) in [6.45, 7) is 2.02. The summed E-state index contributed by atoms with van der Waals surface area (Å²) in [5.74, 6) is -1.67. The summed E-state index contributed by atoms with van der Waals surface area (Å²) in [6.07, 6.45) is 6.34. The standard InChI is InChI=1S/C42H38ClN3O5S2/c1-2-51-42(50)36-33-19-10-5-11-20-35(33)53-41(36)46-40(49)37(28-13-6-3-7-14-28)52-32-18-12-17-31(26-32)44-39(48)34(25-27-21-23-30(43)24-22-27)45-38(47)29-15-8-4-9-16-29/h3-4,6-9,12-18,21-26,37H,2,5,10-11,19-20H2,1H3,(H,44,48)(H,45,47)(H,46,49)/b34-25+. The first-order valence-corrected chi connectivity index (χ1v) is 19.5. The number of ether oxygens (including phenoxy) is 1. The Labute approximate surface area is 322 Å². The molecule has 1 atom stereocenters. The third-order valence-electron chi connectivity index (χ3n) is 8.53. The van der Waals surface area contributed by atoms with Crippen molar-refractivity contribution in [1.29, 1.82) is 0 Å². The number of thioether (sulfide) groups is 1. The number of hydrogen-bond acceptors (Lipinski definition) is 7. The van der Waals surface area contributed by atoms with Gasteiger partial charge < -0.3 is 20.7 Å². The summed E-state index contributed by atoms with van der Waals surface area (Å²) in [7, 11) is 0. The van der Waals surface area contributed by atoms with E-state index in [1.54, 1.807) is 79.7 Å². The van der Waals surface area contributed by atoms with Crippen LogP contribution in [0.15, 0.2) is 120 Å². The van der Waals surface area contributed by atoms with E-state index in [4.69, 9.17) is 16.3 Å². The molecule has 1 aliphatic carbocycles. The number of fused-ring (bicyclic) bond motifs is 1. The topological polar surface area (TPSA) is 114 Å². The first kappa shape index (κ1) is 37.6. The van der Waals surface area contributed by atoms with Crippen molar-refractivity contribution in [3.63, 3.8) is 0 Å². The number of benzene rings is 4. The Bertz CT molecular complexity index is 2120. The van der Waals surface area contributed by atoms with Gasteiger partial charge in [0.1, 0.15) is 15.9 Å². The van der Waals surface area contributed by atoms with Gasteiger partial charge in [0.2, 0.25) is 5.91 Å². The Morgan fingerprint density at radius 1 is 0.849 bits per heavy atom. The van der Waals surface area contributed by atoms with E-state index < -0.39 is 23.0 Å². The van der Waals surface area contributed by atoms with E-state index in [9.17, 15) is 19.2 Å². The molecule has 1 aromatic heterocycles. The lowest BCUT2D eigenvalue weighted by atomic mass is 10.1. The molecule has 53 heavy (non-hydrogen) atoms. The van der Waals surface area contributed by atoms with Crippen molar-refractivity contribution in [2.24, 2.45) is 0 Å². The molecule has 0 spiro atoms. The molecule has 3 amide bonds. The predicted octanol–water partition coefficient (Wildman–Crippen LogP) is 9.73. The maximum absolute atomic E-state index is 14.2. The number of esters is 1. The minimum absolute atomic E-state index is 0.0347. The van der Waals surface area contributed by atoms with Crippen molar-refractivity contribution in [1.82, 2.24) is 5.32 Å². The second-order valence-electron chi connectivity index (χ2n) is 12.3. The molecule has 1 heterocycles. The molecule has 3 N–H and O–H groups in total. The zero-order valence-corrected chi connectivity index (χ0v) is 31.4. The summed E-state index contributed by atoms with van der Waals surface area (Å²) in [5, 5.41) is 9.12. The van der Waals surface area contributed by atoms with E-state index in [0.29, 0.717) is 32.4 Å². The number of aryl methyl sites for hydroxylation is 1. The van der Waals surface area contributed by atoms with Gasteiger partial charge in [-0.2, -0.15) is 0 Å². The number of carbonyl (C=O) groups is 4. The highest BCUT2D eigenvalue weighted by molar-refractivity contribution is 8.00. The fourth-order valence-electron chi connectivity index (χ4n) is 5.98. The number of rotatable bonds is 12. The van der Waals surface area contributed by atoms with Crippen LogP contribution in [-0.2, 0) is 27.2 Å². The van der Waals surface area contributed by atoms with Crippen LogP contribution in [0.25, 0.3) is 6.08 Å².